The summed E-state index contributed by atoms with van der Waals surface area (Å²) in [7, 11) is 0. The van der Waals surface area contributed by atoms with Crippen molar-refractivity contribution in [2.24, 2.45) is 5.73 Å². The maximum atomic E-state index is 12.4. The molecule has 0 fully saturated rings. The zero-order chi connectivity index (χ0) is 12.6. The molecule has 2 aromatic rings. The van der Waals surface area contributed by atoms with Gasteiger partial charge >= 0.3 is 6.18 Å². The van der Waals surface area contributed by atoms with Crippen molar-refractivity contribution in [3.8, 4) is 0 Å². The number of hydrogen-bond acceptors (Lipinski definition) is 4. The first-order chi connectivity index (χ1) is 7.91. The molecular formula is C8H8F3N5O. The predicted octanol–water partition coefficient (Wildman–Crippen LogP) is -0.0624. The number of fused-ring (bicyclic) bond motifs is 1. The van der Waals surface area contributed by atoms with Crippen molar-refractivity contribution in [2.75, 3.05) is 6.54 Å². The maximum Gasteiger partial charge on any atom is 0.433 e. The number of hydrogen-bond donors (Lipinski definition) is 2. The van der Waals surface area contributed by atoms with Gasteiger partial charge in [-0.3, -0.25) is 9.89 Å². The minimum atomic E-state index is -4.67. The van der Waals surface area contributed by atoms with Crippen LogP contribution in [0.4, 0.5) is 13.2 Å². The molecule has 2 heterocycles. The highest BCUT2D eigenvalue weighted by Crippen LogP contribution is 2.26. The van der Waals surface area contributed by atoms with Crippen molar-refractivity contribution in [1.29, 1.82) is 0 Å². The van der Waals surface area contributed by atoms with Crippen molar-refractivity contribution >= 4 is 5.78 Å². The Morgan fingerprint density at radius 3 is 2.71 bits per heavy atom. The Morgan fingerprint density at radius 2 is 2.12 bits per heavy atom. The molecule has 2 rings (SSSR count). The zero-order valence-electron chi connectivity index (χ0n) is 8.45. The fourth-order valence-electron chi connectivity index (χ4n) is 1.32. The van der Waals surface area contributed by atoms with Crippen LogP contribution in [0.3, 0.4) is 0 Å². The lowest BCUT2D eigenvalue weighted by atomic mass is 10.4. The fraction of sp³-hybridized carbons (Fsp3) is 0.375. The van der Waals surface area contributed by atoms with Crippen LogP contribution in [0, 0.1) is 0 Å². The lowest BCUT2D eigenvalue weighted by Gasteiger charge is -2.03. The van der Waals surface area contributed by atoms with E-state index in [1.54, 1.807) is 0 Å². The Bertz CT molecular complexity index is 599. The molecule has 0 unspecified atom stereocenters. The minimum Gasteiger partial charge on any atom is -0.330 e. The summed E-state index contributed by atoms with van der Waals surface area (Å²) in [4.78, 5) is 18.4. The van der Waals surface area contributed by atoms with Crippen molar-refractivity contribution in [2.45, 2.75) is 12.6 Å². The quantitative estimate of drug-likeness (QED) is 0.777. The van der Waals surface area contributed by atoms with Gasteiger partial charge in [0, 0.05) is 12.5 Å². The summed E-state index contributed by atoms with van der Waals surface area (Å²) in [5.41, 5.74) is 3.15. The first kappa shape index (κ1) is 11.6. The number of nitrogens with two attached hydrogens (primary N) is 1. The topological polar surface area (TPSA) is 89.1 Å². The second-order valence-electron chi connectivity index (χ2n) is 3.32. The lowest BCUT2D eigenvalue weighted by molar-refractivity contribution is -0.141. The van der Waals surface area contributed by atoms with E-state index in [4.69, 9.17) is 5.73 Å². The monoisotopic (exact) mass is 247 g/mol. The summed E-state index contributed by atoms with van der Waals surface area (Å²) in [5, 5.41) is 2.53. The Morgan fingerprint density at radius 1 is 1.41 bits per heavy atom. The molecule has 0 atom stereocenters. The second kappa shape index (κ2) is 3.84. The lowest BCUT2D eigenvalue weighted by Crippen LogP contribution is -2.20. The average Bonchev–Trinajstić information content (AvgIpc) is 2.60. The minimum absolute atomic E-state index is 0.265. The third kappa shape index (κ3) is 2.13. The molecule has 2 aromatic heterocycles. The highest BCUT2D eigenvalue weighted by atomic mass is 19.4. The van der Waals surface area contributed by atoms with Gasteiger partial charge in [0.15, 0.2) is 5.69 Å². The molecule has 0 saturated carbocycles. The number of halogens is 3. The Kier molecular flexibility index (Phi) is 2.62. The van der Waals surface area contributed by atoms with Crippen LogP contribution in [0.1, 0.15) is 11.5 Å². The maximum absolute atomic E-state index is 12.4. The molecule has 6 nitrogen and oxygen atoms in total. The summed E-state index contributed by atoms with van der Waals surface area (Å²) in [6.45, 7) is 0.265. The van der Waals surface area contributed by atoms with Crippen molar-refractivity contribution < 1.29 is 13.2 Å². The molecule has 17 heavy (non-hydrogen) atoms. The Balaban J connectivity index is 2.61. The number of aromatic nitrogens is 4. The fourth-order valence-corrected chi connectivity index (χ4v) is 1.32. The van der Waals surface area contributed by atoms with Gasteiger partial charge in [0.1, 0.15) is 5.82 Å². The van der Waals surface area contributed by atoms with E-state index in [0.717, 1.165) is 4.52 Å². The first-order valence-corrected chi connectivity index (χ1v) is 4.68. The van der Waals surface area contributed by atoms with E-state index < -0.39 is 17.4 Å². The molecule has 0 spiro atoms. The van der Waals surface area contributed by atoms with E-state index in [-0.39, 0.29) is 12.3 Å². The zero-order valence-corrected chi connectivity index (χ0v) is 8.45. The molecule has 0 saturated heterocycles. The molecule has 0 amide bonds. The van der Waals surface area contributed by atoms with E-state index in [9.17, 15) is 18.0 Å². The van der Waals surface area contributed by atoms with Gasteiger partial charge in [-0.25, -0.2) is 4.98 Å². The second-order valence-corrected chi connectivity index (χ2v) is 3.32. The summed E-state index contributed by atoms with van der Waals surface area (Å²) in [5.74, 6) is 0.00435. The number of H-pyrrole nitrogens is 1. The van der Waals surface area contributed by atoms with Gasteiger partial charge in [-0.2, -0.15) is 22.7 Å². The largest absolute Gasteiger partial charge is 0.433 e. The predicted molar refractivity (Wildman–Crippen MR) is 51.4 cm³/mol. The SMILES string of the molecule is NCCc1nc2nc(C(F)(F)F)cc(=O)n2[nH]1. The summed E-state index contributed by atoms with van der Waals surface area (Å²) < 4.78 is 38.0. The molecular weight excluding hydrogens is 239 g/mol. The van der Waals surface area contributed by atoms with Crippen LogP contribution in [0.2, 0.25) is 0 Å². The molecule has 9 heteroatoms. The van der Waals surface area contributed by atoms with Gasteiger partial charge in [0.05, 0.1) is 0 Å². The van der Waals surface area contributed by atoms with Crippen LogP contribution >= 0.6 is 0 Å². The highest BCUT2D eigenvalue weighted by Gasteiger charge is 2.33. The van der Waals surface area contributed by atoms with Crippen molar-refractivity contribution in [3.05, 3.63) is 27.9 Å². The molecule has 0 aliphatic heterocycles. The average molecular weight is 247 g/mol. The summed E-state index contributed by atoms with van der Waals surface area (Å²) in [6, 6.07) is 0.414. The number of nitrogens with zero attached hydrogens (tertiary/aromatic N) is 3. The number of rotatable bonds is 2. The smallest absolute Gasteiger partial charge is 0.330 e. The van der Waals surface area contributed by atoms with Crippen LogP contribution in [-0.2, 0) is 12.6 Å². The van der Waals surface area contributed by atoms with E-state index in [1.807, 2.05) is 0 Å². The normalized spacial score (nSPS) is 12.2. The van der Waals surface area contributed by atoms with Gasteiger partial charge in [-0.05, 0) is 6.54 Å². The van der Waals surface area contributed by atoms with Gasteiger partial charge < -0.3 is 5.73 Å². The molecule has 0 aromatic carbocycles. The standard InChI is InChI=1S/C8H8F3N5O/c9-8(10,11)4-3-6(17)16-7(13-4)14-5(15-16)1-2-12/h3H,1-2,12H2,(H,13,14,15). The van der Waals surface area contributed by atoms with Gasteiger partial charge in [0.2, 0.25) is 0 Å². The van der Waals surface area contributed by atoms with Crippen LogP contribution in [-0.4, -0.2) is 26.1 Å². The molecule has 0 aliphatic rings. The molecule has 3 N–H and O–H groups in total. The number of alkyl halides is 3. The highest BCUT2D eigenvalue weighted by molar-refractivity contribution is 5.28. The van der Waals surface area contributed by atoms with E-state index in [2.05, 4.69) is 15.1 Å². The summed E-state index contributed by atoms with van der Waals surface area (Å²) >= 11 is 0. The molecule has 92 valence electrons. The van der Waals surface area contributed by atoms with E-state index in [1.165, 1.54) is 0 Å². The van der Waals surface area contributed by atoms with Gasteiger partial charge in [-0.15, -0.1) is 0 Å². The number of aromatic amines is 1. The van der Waals surface area contributed by atoms with Gasteiger partial charge in [-0.1, -0.05) is 0 Å². The van der Waals surface area contributed by atoms with Crippen LogP contribution in [0.25, 0.3) is 5.78 Å². The molecule has 0 radical (unpaired) electrons. The Labute approximate surface area is 92.3 Å². The van der Waals surface area contributed by atoms with E-state index in [0.29, 0.717) is 18.3 Å². The van der Waals surface area contributed by atoms with Crippen molar-refractivity contribution in [3.63, 3.8) is 0 Å². The first-order valence-electron chi connectivity index (χ1n) is 4.68. The van der Waals surface area contributed by atoms with Gasteiger partial charge in [0.25, 0.3) is 11.3 Å². The van der Waals surface area contributed by atoms with Crippen LogP contribution < -0.4 is 11.3 Å². The Hall–Kier alpha value is -1.90. The number of nitrogens with one attached hydrogen (secondary N) is 1. The third-order valence-electron chi connectivity index (χ3n) is 2.05. The van der Waals surface area contributed by atoms with Crippen LogP contribution in [0.5, 0.6) is 0 Å². The third-order valence-corrected chi connectivity index (χ3v) is 2.05. The van der Waals surface area contributed by atoms with E-state index >= 15 is 0 Å². The molecule has 0 aliphatic carbocycles. The summed E-state index contributed by atoms with van der Waals surface area (Å²) in [6.07, 6.45) is -4.34. The van der Waals surface area contributed by atoms with Crippen molar-refractivity contribution in [1.82, 2.24) is 19.6 Å². The molecule has 0 bridgehead atoms. The van der Waals surface area contributed by atoms with Crippen LogP contribution in [0.15, 0.2) is 10.9 Å².